The van der Waals surface area contributed by atoms with Gasteiger partial charge in [0, 0.05) is 16.9 Å². The zero-order valence-electron chi connectivity index (χ0n) is 9.27. The second-order valence-electron chi connectivity index (χ2n) is 3.54. The third-order valence-corrected chi connectivity index (χ3v) is 4.72. The molecule has 0 saturated carbocycles. The van der Waals surface area contributed by atoms with Gasteiger partial charge in [0.1, 0.15) is 10.7 Å². The molecule has 0 spiro atoms. The SMILES string of the molecule is O=S(=O)(Nc1ccncc1Br)c1ccc(Br)cc1F. The maximum Gasteiger partial charge on any atom is 0.264 e. The molecule has 0 amide bonds. The Bertz CT molecular complexity index is 722. The molecule has 4 nitrogen and oxygen atoms in total. The molecule has 0 bridgehead atoms. The minimum Gasteiger partial charge on any atom is -0.278 e. The van der Waals surface area contributed by atoms with Crippen LogP contribution < -0.4 is 4.72 Å². The van der Waals surface area contributed by atoms with Crippen LogP contribution in [0.25, 0.3) is 0 Å². The van der Waals surface area contributed by atoms with Gasteiger partial charge in [-0.2, -0.15) is 0 Å². The number of benzene rings is 1. The average molecular weight is 410 g/mol. The molecule has 1 heterocycles. The molecular weight excluding hydrogens is 403 g/mol. The number of nitrogens with zero attached hydrogens (tertiary/aromatic N) is 1. The first-order valence-electron chi connectivity index (χ1n) is 4.97. The second-order valence-corrected chi connectivity index (χ2v) is 6.96. The molecule has 0 aliphatic heterocycles. The molecule has 1 N–H and O–H groups in total. The van der Waals surface area contributed by atoms with E-state index in [1.807, 2.05) is 0 Å². The monoisotopic (exact) mass is 408 g/mol. The van der Waals surface area contributed by atoms with E-state index >= 15 is 0 Å². The van der Waals surface area contributed by atoms with E-state index in [2.05, 4.69) is 41.6 Å². The van der Waals surface area contributed by atoms with Gasteiger partial charge in [0.15, 0.2) is 0 Å². The standard InChI is InChI=1S/C11H7Br2FN2O2S/c12-7-1-2-11(9(14)5-7)19(17,18)16-10-3-4-15-6-8(10)13/h1-6H,(H,15,16). The molecule has 2 rings (SSSR count). The zero-order chi connectivity index (χ0) is 14.0. The molecule has 0 atom stereocenters. The molecule has 100 valence electrons. The molecule has 8 heteroatoms. The van der Waals surface area contributed by atoms with Gasteiger partial charge in [0.05, 0.1) is 10.2 Å². The highest BCUT2D eigenvalue weighted by molar-refractivity contribution is 9.10. The van der Waals surface area contributed by atoms with Gasteiger partial charge < -0.3 is 0 Å². The summed E-state index contributed by atoms with van der Waals surface area (Å²) >= 11 is 6.23. The van der Waals surface area contributed by atoms with Crippen LogP contribution >= 0.6 is 31.9 Å². The fourth-order valence-corrected chi connectivity index (χ4v) is 3.31. The van der Waals surface area contributed by atoms with Crippen LogP contribution in [0.15, 0.2) is 50.5 Å². The average Bonchev–Trinajstić information content (AvgIpc) is 2.31. The van der Waals surface area contributed by atoms with Crippen molar-refractivity contribution in [3.8, 4) is 0 Å². The summed E-state index contributed by atoms with van der Waals surface area (Å²) in [4.78, 5) is 3.40. The van der Waals surface area contributed by atoms with E-state index in [1.165, 1.54) is 30.6 Å². The first-order chi connectivity index (χ1) is 8.90. The van der Waals surface area contributed by atoms with Crippen LogP contribution in [0.2, 0.25) is 0 Å². The third-order valence-electron chi connectivity index (χ3n) is 2.20. The molecule has 0 aliphatic rings. The van der Waals surface area contributed by atoms with Gasteiger partial charge in [-0.1, -0.05) is 15.9 Å². The topological polar surface area (TPSA) is 59.1 Å². The number of anilines is 1. The Morgan fingerprint density at radius 3 is 2.58 bits per heavy atom. The maximum atomic E-state index is 13.7. The number of hydrogen-bond donors (Lipinski definition) is 1. The van der Waals surface area contributed by atoms with E-state index in [0.29, 0.717) is 8.95 Å². The van der Waals surface area contributed by atoms with E-state index < -0.39 is 20.7 Å². The van der Waals surface area contributed by atoms with Gasteiger partial charge in [-0.25, -0.2) is 12.8 Å². The van der Waals surface area contributed by atoms with Crippen molar-refractivity contribution >= 4 is 47.6 Å². The van der Waals surface area contributed by atoms with Gasteiger partial charge in [-0.05, 0) is 40.2 Å². The van der Waals surface area contributed by atoms with E-state index in [9.17, 15) is 12.8 Å². The highest BCUT2D eigenvalue weighted by Gasteiger charge is 2.20. The van der Waals surface area contributed by atoms with Crippen molar-refractivity contribution in [3.05, 3.63) is 51.4 Å². The van der Waals surface area contributed by atoms with Crippen LogP contribution in [-0.2, 0) is 10.0 Å². The molecule has 0 saturated heterocycles. The van der Waals surface area contributed by atoms with Gasteiger partial charge in [0.25, 0.3) is 10.0 Å². The van der Waals surface area contributed by atoms with Gasteiger partial charge in [0.2, 0.25) is 0 Å². The number of rotatable bonds is 3. The summed E-state index contributed by atoms with van der Waals surface area (Å²) in [6.45, 7) is 0. The normalized spacial score (nSPS) is 11.3. The number of halogens is 3. The smallest absolute Gasteiger partial charge is 0.264 e. The van der Waals surface area contributed by atoms with Crippen molar-refractivity contribution < 1.29 is 12.8 Å². The fourth-order valence-electron chi connectivity index (χ4n) is 1.35. The molecule has 0 unspecified atom stereocenters. The van der Waals surface area contributed by atoms with Crippen LogP contribution in [0.5, 0.6) is 0 Å². The lowest BCUT2D eigenvalue weighted by Gasteiger charge is -2.10. The molecule has 0 radical (unpaired) electrons. The van der Waals surface area contributed by atoms with Gasteiger partial charge in [-0.15, -0.1) is 0 Å². The van der Waals surface area contributed by atoms with E-state index in [0.717, 1.165) is 6.07 Å². The highest BCUT2D eigenvalue weighted by atomic mass is 79.9. The lowest BCUT2D eigenvalue weighted by Crippen LogP contribution is -2.15. The summed E-state index contributed by atoms with van der Waals surface area (Å²) in [6.07, 6.45) is 2.87. The molecule has 0 fully saturated rings. The maximum absolute atomic E-state index is 13.7. The van der Waals surface area contributed by atoms with Crippen LogP contribution in [-0.4, -0.2) is 13.4 Å². The summed E-state index contributed by atoms with van der Waals surface area (Å²) < 4.78 is 41.1. The first kappa shape index (κ1) is 14.4. The Morgan fingerprint density at radius 2 is 1.95 bits per heavy atom. The molecular formula is C11H7Br2FN2O2S. The number of aromatic nitrogens is 1. The number of pyridine rings is 1. The van der Waals surface area contributed by atoms with Crippen LogP contribution in [0.1, 0.15) is 0 Å². The summed E-state index contributed by atoms with van der Waals surface area (Å²) in [7, 11) is -3.99. The highest BCUT2D eigenvalue weighted by Crippen LogP contribution is 2.25. The Labute approximate surface area is 126 Å². The Balaban J connectivity index is 2.41. The van der Waals surface area contributed by atoms with Crippen molar-refractivity contribution in [1.82, 2.24) is 4.98 Å². The van der Waals surface area contributed by atoms with E-state index in [4.69, 9.17) is 0 Å². The third kappa shape index (κ3) is 3.31. The summed E-state index contributed by atoms with van der Waals surface area (Å²) in [5.74, 6) is -0.827. The predicted octanol–water partition coefficient (Wildman–Crippen LogP) is 3.55. The van der Waals surface area contributed by atoms with Crippen molar-refractivity contribution in [2.75, 3.05) is 4.72 Å². The quantitative estimate of drug-likeness (QED) is 0.843. The molecule has 19 heavy (non-hydrogen) atoms. The Morgan fingerprint density at radius 1 is 1.21 bits per heavy atom. The Kier molecular flexibility index (Phi) is 4.22. The van der Waals surface area contributed by atoms with Gasteiger partial charge >= 0.3 is 0 Å². The molecule has 1 aromatic heterocycles. The summed E-state index contributed by atoms with van der Waals surface area (Å²) in [5.41, 5.74) is 0.289. The zero-order valence-corrected chi connectivity index (χ0v) is 13.3. The van der Waals surface area contributed by atoms with E-state index in [1.54, 1.807) is 0 Å². The lowest BCUT2D eigenvalue weighted by atomic mass is 10.3. The molecule has 1 aromatic carbocycles. The van der Waals surface area contributed by atoms with Crippen LogP contribution in [0.4, 0.5) is 10.1 Å². The number of nitrogens with one attached hydrogen (secondary N) is 1. The number of hydrogen-bond acceptors (Lipinski definition) is 3. The lowest BCUT2D eigenvalue weighted by molar-refractivity contribution is 0.570. The minimum atomic E-state index is -3.99. The van der Waals surface area contributed by atoms with E-state index in [-0.39, 0.29) is 5.69 Å². The van der Waals surface area contributed by atoms with Gasteiger partial charge in [-0.3, -0.25) is 9.71 Å². The van der Waals surface area contributed by atoms with Crippen molar-refractivity contribution in [2.45, 2.75) is 4.90 Å². The molecule has 2 aromatic rings. The first-order valence-corrected chi connectivity index (χ1v) is 8.04. The largest absolute Gasteiger partial charge is 0.278 e. The Hall–Kier alpha value is -0.990. The van der Waals surface area contributed by atoms with Crippen molar-refractivity contribution in [2.24, 2.45) is 0 Å². The minimum absolute atomic E-state index is 0.289. The molecule has 0 aliphatic carbocycles. The second kappa shape index (κ2) is 5.56. The van der Waals surface area contributed by atoms with Crippen LogP contribution in [0, 0.1) is 5.82 Å². The summed E-state index contributed by atoms with van der Waals surface area (Å²) in [6, 6.07) is 5.21. The van der Waals surface area contributed by atoms with Crippen LogP contribution in [0.3, 0.4) is 0 Å². The fraction of sp³-hybridized carbons (Fsp3) is 0. The summed E-state index contributed by atoms with van der Waals surface area (Å²) in [5, 5.41) is 0. The van der Waals surface area contributed by atoms with Crippen molar-refractivity contribution in [1.29, 1.82) is 0 Å². The van der Waals surface area contributed by atoms with Crippen molar-refractivity contribution in [3.63, 3.8) is 0 Å². The predicted molar refractivity (Wildman–Crippen MR) is 76.8 cm³/mol. The number of sulfonamides is 1.